The molecule has 1 aliphatic heterocycles. The Hall–Kier alpha value is -1.78. The zero-order valence-corrected chi connectivity index (χ0v) is 10.5. The summed E-state index contributed by atoms with van der Waals surface area (Å²) in [7, 11) is 0. The summed E-state index contributed by atoms with van der Waals surface area (Å²) >= 11 is 0. The van der Waals surface area contributed by atoms with Crippen molar-refractivity contribution in [2.75, 3.05) is 6.54 Å². The minimum Gasteiger partial charge on any atom is -0.481 e. The number of carbonyl (C=O) groups is 2. The Balaban J connectivity index is 2.10. The molecule has 5 nitrogen and oxygen atoms in total. The number of rotatable bonds is 2. The van der Waals surface area contributed by atoms with E-state index in [-0.39, 0.29) is 17.9 Å². The van der Waals surface area contributed by atoms with Crippen molar-refractivity contribution in [3.63, 3.8) is 0 Å². The number of aliphatic carboxylic acids is 1. The molecule has 2 heterocycles. The first kappa shape index (κ1) is 12.7. The number of likely N-dealkylation sites (tertiary alicyclic amines) is 1. The second kappa shape index (κ2) is 4.84. The van der Waals surface area contributed by atoms with Crippen LogP contribution in [0.25, 0.3) is 0 Å². The fourth-order valence-corrected chi connectivity index (χ4v) is 2.42. The maximum absolute atomic E-state index is 12.3. The Morgan fingerprint density at radius 2 is 2.22 bits per heavy atom. The molecule has 5 heteroatoms. The lowest BCUT2D eigenvalue weighted by Crippen LogP contribution is -2.46. The summed E-state index contributed by atoms with van der Waals surface area (Å²) in [5.41, 5.74) is 0.813. The Bertz CT molecular complexity index is 465. The van der Waals surface area contributed by atoms with E-state index in [1.165, 1.54) is 6.26 Å². The molecule has 1 aromatic rings. The van der Waals surface area contributed by atoms with Crippen molar-refractivity contribution in [2.45, 2.75) is 32.7 Å². The van der Waals surface area contributed by atoms with Crippen molar-refractivity contribution in [2.24, 2.45) is 5.92 Å². The van der Waals surface area contributed by atoms with Gasteiger partial charge in [-0.2, -0.15) is 0 Å². The lowest BCUT2D eigenvalue weighted by Gasteiger charge is -2.35. The van der Waals surface area contributed by atoms with E-state index < -0.39 is 5.97 Å². The van der Waals surface area contributed by atoms with E-state index in [1.807, 2.05) is 13.8 Å². The van der Waals surface area contributed by atoms with Crippen LogP contribution in [0.5, 0.6) is 0 Å². The van der Waals surface area contributed by atoms with Crippen molar-refractivity contribution >= 4 is 11.9 Å². The van der Waals surface area contributed by atoms with Crippen LogP contribution >= 0.6 is 0 Å². The highest BCUT2D eigenvalue weighted by atomic mass is 16.4. The van der Waals surface area contributed by atoms with Crippen LogP contribution in [-0.4, -0.2) is 34.5 Å². The molecule has 0 bridgehead atoms. The standard InChI is InChI=1S/C13H17NO4/c1-8-4-6-18-11(8)12(15)14-5-3-10(13(16)17)7-9(14)2/h4,6,9-10H,3,5,7H2,1-2H3,(H,16,17). The number of aryl methyl sites for hydroxylation is 1. The van der Waals surface area contributed by atoms with Gasteiger partial charge in [-0.1, -0.05) is 0 Å². The quantitative estimate of drug-likeness (QED) is 0.871. The van der Waals surface area contributed by atoms with Gasteiger partial charge in [0.25, 0.3) is 5.91 Å². The Morgan fingerprint density at radius 3 is 2.72 bits per heavy atom. The molecular weight excluding hydrogens is 234 g/mol. The second-order valence-corrected chi connectivity index (χ2v) is 4.84. The van der Waals surface area contributed by atoms with Crippen molar-refractivity contribution < 1.29 is 19.1 Å². The highest BCUT2D eigenvalue weighted by molar-refractivity contribution is 5.93. The largest absolute Gasteiger partial charge is 0.481 e. The molecule has 0 aromatic carbocycles. The van der Waals surface area contributed by atoms with E-state index in [0.29, 0.717) is 25.1 Å². The normalized spacial score (nSPS) is 24.0. The highest BCUT2D eigenvalue weighted by Crippen LogP contribution is 2.25. The van der Waals surface area contributed by atoms with E-state index in [9.17, 15) is 9.59 Å². The topological polar surface area (TPSA) is 70.8 Å². The Kier molecular flexibility index (Phi) is 3.41. The fourth-order valence-electron chi connectivity index (χ4n) is 2.42. The van der Waals surface area contributed by atoms with Crippen molar-refractivity contribution in [1.82, 2.24) is 4.90 Å². The Labute approximate surface area is 105 Å². The van der Waals surface area contributed by atoms with Crippen LogP contribution in [-0.2, 0) is 4.79 Å². The van der Waals surface area contributed by atoms with Crippen LogP contribution in [0.4, 0.5) is 0 Å². The summed E-state index contributed by atoms with van der Waals surface area (Å²) in [6.45, 7) is 4.17. The zero-order valence-electron chi connectivity index (χ0n) is 10.5. The number of carbonyl (C=O) groups excluding carboxylic acids is 1. The highest BCUT2D eigenvalue weighted by Gasteiger charge is 2.33. The molecule has 1 amide bonds. The Morgan fingerprint density at radius 1 is 1.50 bits per heavy atom. The van der Waals surface area contributed by atoms with Crippen molar-refractivity contribution in [3.05, 3.63) is 23.7 Å². The third-order valence-corrected chi connectivity index (χ3v) is 3.54. The van der Waals surface area contributed by atoms with Gasteiger partial charge in [-0.3, -0.25) is 9.59 Å². The SMILES string of the molecule is Cc1ccoc1C(=O)N1CCC(C(=O)O)CC1C. The average molecular weight is 251 g/mol. The van der Waals surface area contributed by atoms with Gasteiger partial charge in [0.1, 0.15) is 0 Å². The second-order valence-electron chi connectivity index (χ2n) is 4.84. The van der Waals surface area contributed by atoms with Gasteiger partial charge in [0, 0.05) is 18.2 Å². The van der Waals surface area contributed by atoms with Gasteiger partial charge in [-0.05, 0) is 32.8 Å². The maximum Gasteiger partial charge on any atom is 0.306 e. The van der Waals surface area contributed by atoms with Crippen LogP contribution < -0.4 is 0 Å². The summed E-state index contributed by atoms with van der Waals surface area (Å²) in [5.74, 6) is -0.908. The number of hydrogen-bond acceptors (Lipinski definition) is 3. The van der Waals surface area contributed by atoms with E-state index in [4.69, 9.17) is 9.52 Å². The first-order chi connectivity index (χ1) is 8.50. The molecule has 1 N–H and O–H groups in total. The number of hydrogen-bond donors (Lipinski definition) is 1. The van der Waals surface area contributed by atoms with E-state index in [2.05, 4.69) is 0 Å². The molecule has 1 fully saturated rings. The number of carboxylic acid groups (broad SMARTS) is 1. The monoisotopic (exact) mass is 251 g/mol. The van der Waals surface area contributed by atoms with Crippen molar-refractivity contribution in [1.29, 1.82) is 0 Å². The molecule has 2 unspecified atom stereocenters. The summed E-state index contributed by atoms with van der Waals surface area (Å²) in [6.07, 6.45) is 2.50. The molecule has 2 atom stereocenters. The molecule has 0 saturated carbocycles. The predicted octanol–water partition coefficient (Wildman–Crippen LogP) is 1.91. The van der Waals surface area contributed by atoms with Crippen LogP contribution in [0, 0.1) is 12.8 Å². The number of nitrogens with zero attached hydrogens (tertiary/aromatic N) is 1. The predicted molar refractivity (Wildman–Crippen MR) is 64.3 cm³/mol. The van der Waals surface area contributed by atoms with Crippen molar-refractivity contribution in [3.8, 4) is 0 Å². The average Bonchev–Trinajstić information content (AvgIpc) is 2.74. The number of furan rings is 1. The smallest absolute Gasteiger partial charge is 0.306 e. The third kappa shape index (κ3) is 2.25. The van der Waals surface area contributed by atoms with Gasteiger partial charge < -0.3 is 14.4 Å². The van der Waals surface area contributed by atoms with E-state index in [1.54, 1.807) is 11.0 Å². The molecular formula is C13H17NO4. The minimum absolute atomic E-state index is 0.0724. The summed E-state index contributed by atoms with van der Waals surface area (Å²) in [4.78, 5) is 24.9. The van der Waals surface area contributed by atoms with Crippen LogP contribution in [0.1, 0.15) is 35.9 Å². The molecule has 0 radical (unpaired) electrons. The lowest BCUT2D eigenvalue weighted by molar-refractivity contribution is -0.143. The summed E-state index contributed by atoms with van der Waals surface area (Å²) < 4.78 is 5.19. The van der Waals surface area contributed by atoms with E-state index >= 15 is 0 Å². The van der Waals surface area contributed by atoms with Crippen LogP contribution in [0.15, 0.2) is 16.7 Å². The summed E-state index contributed by atoms with van der Waals surface area (Å²) in [5, 5.41) is 8.99. The molecule has 98 valence electrons. The minimum atomic E-state index is -0.775. The van der Waals surface area contributed by atoms with Gasteiger partial charge in [0.15, 0.2) is 5.76 Å². The summed E-state index contributed by atoms with van der Waals surface area (Å²) in [6, 6.07) is 1.68. The van der Waals surface area contributed by atoms with Crippen LogP contribution in [0.2, 0.25) is 0 Å². The van der Waals surface area contributed by atoms with Gasteiger partial charge in [0.05, 0.1) is 12.2 Å². The molecule has 2 rings (SSSR count). The van der Waals surface area contributed by atoms with Gasteiger partial charge in [-0.15, -0.1) is 0 Å². The van der Waals surface area contributed by atoms with Gasteiger partial charge in [0.2, 0.25) is 0 Å². The van der Waals surface area contributed by atoms with E-state index in [0.717, 1.165) is 5.56 Å². The first-order valence-corrected chi connectivity index (χ1v) is 6.08. The lowest BCUT2D eigenvalue weighted by atomic mass is 9.91. The molecule has 1 saturated heterocycles. The number of amides is 1. The molecule has 1 aromatic heterocycles. The maximum atomic E-state index is 12.3. The molecule has 1 aliphatic rings. The van der Waals surface area contributed by atoms with Gasteiger partial charge >= 0.3 is 5.97 Å². The number of carboxylic acids is 1. The first-order valence-electron chi connectivity index (χ1n) is 6.08. The third-order valence-electron chi connectivity index (χ3n) is 3.54. The molecule has 18 heavy (non-hydrogen) atoms. The van der Waals surface area contributed by atoms with Crippen LogP contribution in [0.3, 0.4) is 0 Å². The number of piperidine rings is 1. The fraction of sp³-hybridized carbons (Fsp3) is 0.538. The zero-order chi connectivity index (χ0) is 13.3. The van der Waals surface area contributed by atoms with Gasteiger partial charge in [-0.25, -0.2) is 0 Å². The molecule has 0 aliphatic carbocycles. The molecule has 0 spiro atoms.